The molecule has 4 rings (SSSR count). The molecular formula is C32H31F9N6O4. The number of esters is 1. The maximum atomic E-state index is 14.0. The number of rotatable bonds is 8. The molecule has 2 atom stereocenters. The van der Waals surface area contributed by atoms with Gasteiger partial charge in [0.2, 0.25) is 5.96 Å². The van der Waals surface area contributed by atoms with Crippen LogP contribution < -0.4 is 21.2 Å². The first-order valence-corrected chi connectivity index (χ1v) is 14.9. The van der Waals surface area contributed by atoms with Crippen molar-refractivity contribution in [1.82, 2.24) is 10.0 Å². The van der Waals surface area contributed by atoms with E-state index in [1.54, 1.807) is 6.92 Å². The van der Waals surface area contributed by atoms with Crippen LogP contribution in [0.5, 0.6) is 5.75 Å². The third kappa shape index (κ3) is 9.13. The zero-order valence-corrected chi connectivity index (χ0v) is 27.0. The number of alkyl halides is 9. The first kappa shape index (κ1) is 38.6. The maximum Gasteiger partial charge on any atom is 0.573 e. The Bertz CT molecular complexity index is 1740. The maximum absolute atomic E-state index is 14.0. The normalized spacial score (nSPS) is 16.7. The number of hydrazone groups is 1. The summed E-state index contributed by atoms with van der Waals surface area (Å²) >= 11 is 0. The lowest BCUT2D eigenvalue weighted by atomic mass is 9.87. The third-order valence-electron chi connectivity index (χ3n) is 7.89. The van der Waals surface area contributed by atoms with Crippen LogP contribution >= 0.6 is 0 Å². The zero-order valence-electron chi connectivity index (χ0n) is 27.0. The number of hydrogen-bond donors (Lipinski definition) is 2. The van der Waals surface area contributed by atoms with Gasteiger partial charge >= 0.3 is 24.7 Å². The average Bonchev–Trinajstić information content (AvgIpc) is 3.04. The van der Waals surface area contributed by atoms with Crippen molar-refractivity contribution in [3.8, 4) is 5.75 Å². The fourth-order valence-electron chi connectivity index (χ4n) is 5.71. The summed E-state index contributed by atoms with van der Waals surface area (Å²) in [5.74, 6) is 3.08. The number of hydrazine groups is 1. The number of anilines is 1. The molecule has 0 bridgehead atoms. The number of nitrogens with zero attached hydrogens (tertiary/aromatic N) is 4. The summed E-state index contributed by atoms with van der Waals surface area (Å²) in [4.78, 5) is 28.3. The highest BCUT2D eigenvalue weighted by Gasteiger charge is 2.42. The number of fused-ring (bicyclic) bond motifs is 1. The van der Waals surface area contributed by atoms with Gasteiger partial charge in [0.05, 0.1) is 29.8 Å². The Hall–Kier alpha value is -5.20. The van der Waals surface area contributed by atoms with E-state index in [0.717, 1.165) is 17.0 Å². The van der Waals surface area contributed by atoms with Gasteiger partial charge in [-0.25, -0.2) is 15.8 Å². The summed E-state index contributed by atoms with van der Waals surface area (Å²) in [5.41, 5.74) is 2.71. The minimum atomic E-state index is -5.18. The van der Waals surface area contributed by atoms with Crippen molar-refractivity contribution >= 4 is 23.5 Å². The highest BCUT2D eigenvalue weighted by molar-refractivity contribution is 6.08. The van der Waals surface area contributed by atoms with Gasteiger partial charge in [-0.1, -0.05) is 6.92 Å². The number of methoxy groups -OCH3 is 1. The molecule has 0 spiro atoms. The third-order valence-corrected chi connectivity index (χ3v) is 7.89. The predicted octanol–water partition coefficient (Wildman–Crippen LogP) is 6.82. The molecule has 0 unspecified atom stereocenters. The van der Waals surface area contributed by atoms with Crippen molar-refractivity contribution in [2.24, 2.45) is 16.7 Å². The van der Waals surface area contributed by atoms with E-state index in [-0.39, 0.29) is 41.3 Å². The highest BCUT2D eigenvalue weighted by atomic mass is 19.4. The SMILES string of the molecule is CC[C@@H]1C[C@H](N(Cc2cc(C(F)(F)F)cc(C(F)(F)F)c2)/C(N)=N/N(C)N)c2cc(OC(F)(F)F)ccc2N1C(=O)c1ccc(C(=O)OC)cc1. The molecule has 1 aliphatic rings. The molecular weight excluding hydrogens is 703 g/mol. The number of benzene rings is 3. The van der Waals surface area contributed by atoms with Gasteiger partial charge in [0, 0.05) is 36.4 Å². The van der Waals surface area contributed by atoms with Crippen molar-refractivity contribution in [1.29, 1.82) is 0 Å². The van der Waals surface area contributed by atoms with E-state index in [4.69, 9.17) is 11.6 Å². The molecule has 3 aromatic rings. The smallest absolute Gasteiger partial charge is 0.465 e. The lowest BCUT2D eigenvalue weighted by Gasteiger charge is -2.45. The minimum Gasteiger partial charge on any atom is -0.465 e. The van der Waals surface area contributed by atoms with E-state index < -0.39 is 77.6 Å². The van der Waals surface area contributed by atoms with E-state index in [0.29, 0.717) is 17.3 Å². The lowest BCUT2D eigenvalue weighted by molar-refractivity contribution is -0.274. The molecule has 0 aliphatic carbocycles. The largest absolute Gasteiger partial charge is 0.573 e. The van der Waals surface area contributed by atoms with Gasteiger partial charge in [0.15, 0.2) is 0 Å². The zero-order chi connectivity index (χ0) is 38.1. The molecule has 0 saturated carbocycles. The second-order valence-electron chi connectivity index (χ2n) is 11.4. The minimum absolute atomic E-state index is 0.0357. The van der Waals surface area contributed by atoms with Crippen molar-refractivity contribution < 1.29 is 58.6 Å². The molecule has 10 nitrogen and oxygen atoms in total. The first-order chi connectivity index (χ1) is 23.6. The molecule has 1 aliphatic heterocycles. The molecule has 0 aromatic heterocycles. The second-order valence-corrected chi connectivity index (χ2v) is 11.4. The molecule has 19 heteroatoms. The number of guanidine groups is 1. The van der Waals surface area contributed by atoms with E-state index in [2.05, 4.69) is 14.6 Å². The number of ether oxygens (including phenoxy) is 2. The summed E-state index contributed by atoms with van der Waals surface area (Å²) < 4.78 is 131. The molecule has 1 amide bonds. The van der Waals surface area contributed by atoms with Crippen molar-refractivity contribution in [2.45, 2.75) is 57.1 Å². The molecule has 1 heterocycles. The molecule has 51 heavy (non-hydrogen) atoms. The Morgan fingerprint density at radius 2 is 1.47 bits per heavy atom. The number of halogens is 9. The van der Waals surface area contributed by atoms with E-state index in [9.17, 15) is 49.1 Å². The number of hydrogen-bond acceptors (Lipinski definition) is 7. The van der Waals surface area contributed by atoms with Crippen molar-refractivity contribution in [3.05, 3.63) is 94.0 Å². The first-order valence-electron chi connectivity index (χ1n) is 14.9. The van der Waals surface area contributed by atoms with Gasteiger partial charge in [0.1, 0.15) is 5.75 Å². The quantitative estimate of drug-likeness (QED) is 0.0646. The van der Waals surface area contributed by atoms with Crippen molar-refractivity contribution in [3.63, 3.8) is 0 Å². The number of amides is 1. The van der Waals surface area contributed by atoms with Crippen LogP contribution in [0.15, 0.2) is 65.8 Å². The Kier molecular flexibility index (Phi) is 11.0. The highest BCUT2D eigenvalue weighted by Crippen LogP contribution is 2.45. The van der Waals surface area contributed by atoms with Gasteiger partial charge in [-0.3, -0.25) is 4.79 Å². The van der Waals surface area contributed by atoms with Crippen molar-refractivity contribution in [2.75, 3.05) is 19.1 Å². The molecule has 3 aromatic carbocycles. The predicted molar refractivity (Wildman–Crippen MR) is 165 cm³/mol. The summed E-state index contributed by atoms with van der Waals surface area (Å²) in [6.07, 6.45) is -15.5. The van der Waals surface area contributed by atoms with E-state index in [1.807, 2.05) is 0 Å². The fourth-order valence-corrected chi connectivity index (χ4v) is 5.71. The average molecular weight is 735 g/mol. The Morgan fingerprint density at radius 1 is 0.902 bits per heavy atom. The Balaban J connectivity index is 1.92. The molecule has 0 radical (unpaired) electrons. The lowest BCUT2D eigenvalue weighted by Crippen LogP contribution is -2.50. The van der Waals surface area contributed by atoms with Gasteiger partial charge in [-0.05, 0) is 79.1 Å². The number of nitrogens with two attached hydrogens (primary N) is 2. The topological polar surface area (TPSA) is 127 Å². The fraction of sp³-hybridized carbons (Fsp3) is 0.344. The van der Waals surface area contributed by atoms with Crippen LogP contribution in [0.1, 0.15) is 68.8 Å². The standard InChI is InChI=1S/C32H31F9N6O4/c1-4-22-14-26(46(29(42)44-45(2)43)16-17-11-20(30(33,34)35)13-21(12-17)31(36,37)38)24-15-23(51-32(39,40)41)9-10-25(24)47(22)27(48)18-5-7-19(8-6-18)28(49)50-3/h5-13,15,22,26H,4,14,16,43H2,1-3H3,(H2,42,44)/t22-,26+/m1/s1. The van der Waals surface area contributed by atoms with Crippen LogP contribution in [-0.4, -0.2) is 54.4 Å². The monoisotopic (exact) mass is 734 g/mol. The van der Waals surface area contributed by atoms with Gasteiger partial charge in [-0.2, -0.15) is 26.3 Å². The summed E-state index contributed by atoms with van der Waals surface area (Å²) in [6, 6.07) is 7.35. The van der Waals surface area contributed by atoms with Gasteiger partial charge < -0.3 is 25.0 Å². The van der Waals surface area contributed by atoms with Crippen LogP contribution in [-0.2, 0) is 23.6 Å². The molecule has 0 saturated heterocycles. The van der Waals surface area contributed by atoms with Crippen LogP contribution in [0.2, 0.25) is 0 Å². The van der Waals surface area contributed by atoms with E-state index >= 15 is 0 Å². The number of carbonyl (C=O) groups excluding carboxylic acids is 2. The summed E-state index contributed by atoms with van der Waals surface area (Å²) in [7, 11) is 2.39. The van der Waals surface area contributed by atoms with Crippen LogP contribution in [0.4, 0.5) is 45.2 Å². The Labute approximate surface area is 284 Å². The molecule has 276 valence electrons. The molecule has 0 fully saturated rings. The summed E-state index contributed by atoms with van der Waals surface area (Å²) in [6.45, 7) is 0.927. The number of carbonyl (C=O) groups is 2. The Morgan fingerprint density at radius 3 is 1.96 bits per heavy atom. The van der Waals surface area contributed by atoms with Crippen LogP contribution in [0.3, 0.4) is 0 Å². The molecule has 4 N–H and O–H groups in total. The van der Waals surface area contributed by atoms with Gasteiger partial charge in [-0.15, -0.1) is 18.3 Å². The second kappa shape index (κ2) is 14.6. The van der Waals surface area contributed by atoms with E-state index in [1.165, 1.54) is 49.4 Å². The van der Waals surface area contributed by atoms with Crippen LogP contribution in [0.25, 0.3) is 0 Å². The van der Waals surface area contributed by atoms with Gasteiger partial charge in [0.25, 0.3) is 5.91 Å². The van der Waals surface area contributed by atoms with Crippen LogP contribution in [0, 0.1) is 0 Å². The summed E-state index contributed by atoms with van der Waals surface area (Å²) in [5, 5.41) is 4.60.